The molecule has 8 heteroatoms. The summed E-state index contributed by atoms with van der Waals surface area (Å²) in [6.07, 6.45) is -3.07. The zero-order valence-electron chi connectivity index (χ0n) is 14.1. The zero-order valence-corrected chi connectivity index (χ0v) is 14.1. The molecule has 0 aliphatic carbocycles. The fraction of sp³-hybridized carbons (Fsp3) is 0.222. The fourth-order valence-corrected chi connectivity index (χ4v) is 2.65. The number of fused-ring (bicyclic) bond motifs is 1. The molecule has 0 unspecified atom stereocenters. The molecular formula is C18H16F3N3O2. The Balaban J connectivity index is 1.95. The topological polar surface area (TPSA) is 56.3 Å². The Hall–Kier alpha value is -3.03. The first-order valence-corrected chi connectivity index (χ1v) is 7.69. The van der Waals surface area contributed by atoms with E-state index >= 15 is 0 Å². The van der Waals surface area contributed by atoms with E-state index in [9.17, 15) is 13.2 Å². The van der Waals surface area contributed by atoms with E-state index in [1.165, 1.54) is 32.7 Å². The summed E-state index contributed by atoms with van der Waals surface area (Å²) in [6.45, 7) is -0.0316. The minimum atomic E-state index is -4.41. The number of hydrogen-bond donors (Lipinski definition) is 1. The third-order valence-electron chi connectivity index (χ3n) is 3.91. The normalized spacial score (nSPS) is 11.4. The van der Waals surface area contributed by atoms with Gasteiger partial charge in [-0.15, -0.1) is 0 Å². The van der Waals surface area contributed by atoms with Gasteiger partial charge in [-0.25, -0.2) is 9.97 Å². The molecule has 3 rings (SSSR count). The van der Waals surface area contributed by atoms with Gasteiger partial charge >= 0.3 is 6.18 Å². The lowest BCUT2D eigenvalue weighted by molar-refractivity contribution is -0.138. The van der Waals surface area contributed by atoms with Gasteiger partial charge in [0, 0.05) is 18.0 Å². The number of benzene rings is 2. The first-order chi connectivity index (χ1) is 12.4. The first-order valence-electron chi connectivity index (χ1n) is 7.69. The monoisotopic (exact) mass is 363 g/mol. The van der Waals surface area contributed by atoms with Crippen LogP contribution in [0.2, 0.25) is 0 Å². The molecule has 5 nitrogen and oxygen atoms in total. The number of alkyl halides is 3. The van der Waals surface area contributed by atoms with Crippen LogP contribution < -0.4 is 14.8 Å². The molecule has 0 atom stereocenters. The molecule has 1 heterocycles. The lowest BCUT2D eigenvalue weighted by atomic mass is 10.1. The molecule has 3 aromatic rings. The SMILES string of the molecule is COc1cc2ncnc(NCc3ccccc3C(F)(F)F)c2cc1OC. The largest absolute Gasteiger partial charge is 0.493 e. The maximum absolute atomic E-state index is 13.1. The van der Waals surface area contributed by atoms with Crippen LogP contribution in [0.3, 0.4) is 0 Å². The van der Waals surface area contributed by atoms with E-state index in [0.717, 1.165) is 6.07 Å². The van der Waals surface area contributed by atoms with Crippen molar-refractivity contribution in [2.45, 2.75) is 12.7 Å². The highest BCUT2D eigenvalue weighted by atomic mass is 19.4. The van der Waals surface area contributed by atoms with Gasteiger partial charge in [-0.2, -0.15) is 13.2 Å². The third kappa shape index (κ3) is 3.49. The van der Waals surface area contributed by atoms with Crippen molar-refractivity contribution >= 4 is 16.7 Å². The Morgan fingerprint density at radius 1 is 1.00 bits per heavy atom. The fourth-order valence-electron chi connectivity index (χ4n) is 2.65. The Labute approximate surface area is 147 Å². The molecule has 136 valence electrons. The Kier molecular flexibility index (Phi) is 4.83. The Bertz CT molecular complexity index is 929. The van der Waals surface area contributed by atoms with Crippen LogP contribution in [0.25, 0.3) is 10.9 Å². The highest BCUT2D eigenvalue weighted by Gasteiger charge is 2.32. The van der Waals surface area contributed by atoms with E-state index in [2.05, 4.69) is 15.3 Å². The van der Waals surface area contributed by atoms with E-state index in [-0.39, 0.29) is 12.1 Å². The van der Waals surface area contributed by atoms with Gasteiger partial charge in [-0.05, 0) is 17.7 Å². The molecule has 0 saturated heterocycles. The Morgan fingerprint density at radius 2 is 1.69 bits per heavy atom. The molecule has 0 radical (unpaired) electrons. The number of nitrogens with one attached hydrogen (secondary N) is 1. The molecule has 0 spiro atoms. The van der Waals surface area contributed by atoms with Gasteiger partial charge in [0.1, 0.15) is 12.1 Å². The summed E-state index contributed by atoms with van der Waals surface area (Å²) in [5.41, 5.74) is 0.0432. The van der Waals surface area contributed by atoms with Gasteiger partial charge in [-0.1, -0.05) is 18.2 Å². The molecule has 0 aliphatic heterocycles. The van der Waals surface area contributed by atoms with Crippen LogP contribution in [0.1, 0.15) is 11.1 Å². The number of hydrogen-bond acceptors (Lipinski definition) is 5. The summed E-state index contributed by atoms with van der Waals surface area (Å²) in [5.74, 6) is 1.40. The second-order valence-electron chi connectivity index (χ2n) is 5.46. The van der Waals surface area contributed by atoms with Gasteiger partial charge in [0.15, 0.2) is 11.5 Å². The van der Waals surface area contributed by atoms with E-state index in [4.69, 9.17) is 9.47 Å². The van der Waals surface area contributed by atoms with Gasteiger partial charge < -0.3 is 14.8 Å². The number of aromatic nitrogens is 2. The number of halogens is 3. The van der Waals surface area contributed by atoms with Crippen molar-refractivity contribution in [1.82, 2.24) is 9.97 Å². The van der Waals surface area contributed by atoms with Crippen molar-refractivity contribution < 1.29 is 22.6 Å². The van der Waals surface area contributed by atoms with Gasteiger partial charge in [0.25, 0.3) is 0 Å². The minimum Gasteiger partial charge on any atom is -0.493 e. The van der Waals surface area contributed by atoms with Crippen LogP contribution in [0.4, 0.5) is 19.0 Å². The number of ether oxygens (including phenoxy) is 2. The first kappa shape index (κ1) is 17.8. The average molecular weight is 363 g/mol. The third-order valence-corrected chi connectivity index (χ3v) is 3.91. The van der Waals surface area contributed by atoms with E-state index in [1.807, 2.05) is 0 Å². The van der Waals surface area contributed by atoms with E-state index in [0.29, 0.717) is 28.2 Å². The number of methoxy groups -OCH3 is 2. The van der Waals surface area contributed by atoms with Crippen molar-refractivity contribution in [1.29, 1.82) is 0 Å². The molecular weight excluding hydrogens is 347 g/mol. The second kappa shape index (κ2) is 7.07. The molecule has 0 saturated carbocycles. The van der Waals surface area contributed by atoms with E-state index in [1.54, 1.807) is 18.2 Å². The lowest BCUT2D eigenvalue weighted by Gasteiger charge is -2.15. The lowest BCUT2D eigenvalue weighted by Crippen LogP contribution is -2.12. The summed E-state index contributed by atoms with van der Waals surface area (Å²) in [6, 6.07) is 8.80. The second-order valence-corrected chi connectivity index (χ2v) is 5.46. The smallest absolute Gasteiger partial charge is 0.416 e. The maximum atomic E-state index is 13.1. The van der Waals surface area contributed by atoms with Crippen LogP contribution in [-0.4, -0.2) is 24.2 Å². The summed E-state index contributed by atoms with van der Waals surface area (Å²) in [5, 5.41) is 3.58. The van der Waals surface area contributed by atoms with Crippen LogP contribution in [0, 0.1) is 0 Å². The highest BCUT2D eigenvalue weighted by molar-refractivity contribution is 5.91. The molecule has 0 aliphatic rings. The number of nitrogens with zero attached hydrogens (tertiary/aromatic N) is 2. The van der Waals surface area contributed by atoms with Crippen molar-refractivity contribution in [3.05, 3.63) is 53.9 Å². The molecule has 26 heavy (non-hydrogen) atoms. The van der Waals surface area contributed by atoms with Crippen LogP contribution in [0.15, 0.2) is 42.7 Å². The average Bonchev–Trinajstić information content (AvgIpc) is 2.64. The minimum absolute atomic E-state index is 0.0316. The molecule has 2 aromatic carbocycles. The summed E-state index contributed by atoms with van der Waals surface area (Å²) in [7, 11) is 3.01. The molecule has 0 bridgehead atoms. The van der Waals surface area contributed by atoms with Crippen molar-refractivity contribution in [2.24, 2.45) is 0 Å². The highest BCUT2D eigenvalue weighted by Crippen LogP contribution is 2.35. The number of rotatable bonds is 5. The van der Waals surface area contributed by atoms with Crippen LogP contribution in [0.5, 0.6) is 11.5 Å². The van der Waals surface area contributed by atoms with Crippen molar-refractivity contribution in [3.8, 4) is 11.5 Å². The predicted octanol–water partition coefficient (Wildman–Crippen LogP) is 4.28. The molecule has 1 aromatic heterocycles. The summed E-state index contributed by atoms with van der Waals surface area (Å²) < 4.78 is 49.9. The van der Waals surface area contributed by atoms with Crippen molar-refractivity contribution in [3.63, 3.8) is 0 Å². The van der Waals surface area contributed by atoms with E-state index < -0.39 is 11.7 Å². The Morgan fingerprint density at radius 3 is 2.38 bits per heavy atom. The predicted molar refractivity (Wildman–Crippen MR) is 91.4 cm³/mol. The molecule has 0 fully saturated rings. The summed E-state index contributed by atoms with van der Waals surface area (Å²) >= 11 is 0. The molecule has 1 N–H and O–H groups in total. The molecule has 0 amide bonds. The standard InChI is InChI=1S/C18H16F3N3O2/c1-25-15-7-12-14(8-16(15)26-2)23-10-24-17(12)22-9-11-5-3-4-6-13(11)18(19,20)21/h3-8,10H,9H2,1-2H3,(H,22,23,24). The van der Waals surface area contributed by atoms with Gasteiger partial charge in [0.05, 0.1) is 25.3 Å². The van der Waals surface area contributed by atoms with Gasteiger partial charge in [-0.3, -0.25) is 0 Å². The van der Waals surface area contributed by atoms with Crippen LogP contribution in [-0.2, 0) is 12.7 Å². The quantitative estimate of drug-likeness (QED) is 0.733. The van der Waals surface area contributed by atoms with Crippen LogP contribution >= 0.6 is 0 Å². The summed E-state index contributed by atoms with van der Waals surface area (Å²) in [4.78, 5) is 8.32. The number of anilines is 1. The zero-order chi connectivity index (χ0) is 18.7. The van der Waals surface area contributed by atoms with Crippen molar-refractivity contribution in [2.75, 3.05) is 19.5 Å². The van der Waals surface area contributed by atoms with Gasteiger partial charge in [0.2, 0.25) is 0 Å². The maximum Gasteiger partial charge on any atom is 0.416 e.